The largest absolute Gasteiger partial charge is 0.451 e. The standard InChI is InChI=1S/C16H15BrF3NO2/c1-9-12-7-11(17)4-5-13(12)23-14(9)15(22)21-6-2-3-10(8-21)16(18,19)20/h4-5,7,10H,2-3,6,8H2,1H3. The summed E-state index contributed by atoms with van der Waals surface area (Å²) in [6.07, 6.45) is -3.85. The van der Waals surface area contributed by atoms with Gasteiger partial charge in [-0.15, -0.1) is 0 Å². The summed E-state index contributed by atoms with van der Waals surface area (Å²) in [6.45, 7) is 1.77. The number of benzene rings is 1. The van der Waals surface area contributed by atoms with Crippen LogP contribution in [0.3, 0.4) is 0 Å². The molecule has 3 rings (SSSR count). The Hall–Kier alpha value is -1.50. The fraction of sp³-hybridized carbons (Fsp3) is 0.438. The van der Waals surface area contributed by atoms with E-state index in [-0.39, 0.29) is 18.7 Å². The average molecular weight is 390 g/mol. The first-order chi connectivity index (χ1) is 10.8. The highest BCUT2D eigenvalue weighted by atomic mass is 79.9. The first-order valence-electron chi connectivity index (χ1n) is 7.32. The van der Waals surface area contributed by atoms with Crippen molar-refractivity contribution in [1.82, 2.24) is 4.90 Å². The number of likely N-dealkylation sites (tertiary alicyclic amines) is 1. The Labute approximate surface area is 139 Å². The van der Waals surface area contributed by atoms with Crippen LogP contribution in [-0.2, 0) is 0 Å². The fourth-order valence-corrected chi connectivity index (χ4v) is 3.33. The molecule has 1 atom stereocenters. The van der Waals surface area contributed by atoms with Crippen molar-refractivity contribution in [3.05, 3.63) is 34.0 Å². The molecule has 0 spiro atoms. The van der Waals surface area contributed by atoms with Gasteiger partial charge in [-0.1, -0.05) is 15.9 Å². The minimum absolute atomic E-state index is 0.0688. The van der Waals surface area contributed by atoms with Crippen LogP contribution in [-0.4, -0.2) is 30.1 Å². The van der Waals surface area contributed by atoms with E-state index in [9.17, 15) is 18.0 Å². The third-order valence-corrected chi connectivity index (χ3v) is 4.76. The van der Waals surface area contributed by atoms with Gasteiger partial charge < -0.3 is 9.32 Å². The minimum Gasteiger partial charge on any atom is -0.451 e. The van der Waals surface area contributed by atoms with Crippen LogP contribution in [0.4, 0.5) is 13.2 Å². The number of rotatable bonds is 1. The van der Waals surface area contributed by atoms with Crippen LogP contribution >= 0.6 is 15.9 Å². The number of furan rings is 1. The summed E-state index contributed by atoms with van der Waals surface area (Å²) >= 11 is 3.36. The molecule has 0 N–H and O–H groups in total. The van der Waals surface area contributed by atoms with Gasteiger partial charge in [0.25, 0.3) is 5.91 Å². The molecule has 1 saturated heterocycles. The molecule has 0 bridgehead atoms. The molecule has 2 aromatic rings. The van der Waals surface area contributed by atoms with E-state index in [1.54, 1.807) is 19.1 Å². The molecule has 2 heterocycles. The molecule has 3 nitrogen and oxygen atoms in total. The maximum absolute atomic E-state index is 12.9. The average Bonchev–Trinajstić information content (AvgIpc) is 2.83. The minimum atomic E-state index is -4.27. The second kappa shape index (κ2) is 5.85. The lowest BCUT2D eigenvalue weighted by atomic mass is 9.97. The number of aryl methyl sites for hydroxylation is 1. The molecule has 1 aromatic heterocycles. The molecule has 1 aliphatic rings. The molecule has 7 heteroatoms. The zero-order valence-corrected chi connectivity index (χ0v) is 14.0. The molecule has 0 radical (unpaired) electrons. The first-order valence-corrected chi connectivity index (χ1v) is 8.11. The van der Waals surface area contributed by atoms with E-state index in [0.29, 0.717) is 24.1 Å². The summed E-state index contributed by atoms with van der Waals surface area (Å²) in [5.74, 6) is -1.80. The van der Waals surface area contributed by atoms with E-state index in [0.717, 1.165) is 9.86 Å². The second-order valence-electron chi connectivity index (χ2n) is 5.83. The van der Waals surface area contributed by atoms with Crippen LogP contribution in [0.5, 0.6) is 0 Å². The first kappa shape index (κ1) is 16.4. The summed E-state index contributed by atoms with van der Waals surface area (Å²) in [5.41, 5.74) is 1.21. The van der Waals surface area contributed by atoms with Gasteiger partial charge in [-0.2, -0.15) is 13.2 Å². The summed E-state index contributed by atoms with van der Waals surface area (Å²) < 4.78 is 45.2. The van der Waals surface area contributed by atoms with Gasteiger partial charge in [0.2, 0.25) is 0 Å². The Balaban J connectivity index is 1.90. The number of hydrogen-bond acceptors (Lipinski definition) is 2. The number of carbonyl (C=O) groups is 1. The predicted octanol–water partition coefficient (Wildman–Crippen LogP) is 4.92. The Kier molecular flexibility index (Phi) is 4.16. The van der Waals surface area contributed by atoms with Gasteiger partial charge in [-0.3, -0.25) is 4.79 Å². The van der Waals surface area contributed by atoms with Crippen molar-refractivity contribution in [2.24, 2.45) is 5.92 Å². The SMILES string of the molecule is Cc1c(C(=O)N2CCCC(C(F)(F)F)C2)oc2ccc(Br)cc12. The Morgan fingerprint density at radius 2 is 2.13 bits per heavy atom. The number of nitrogens with zero attached hydrogens (tertiary/aromatic N) is 1. The lowest BCUT2D eigenvalue weighted by molar-refractivity contribution is -0.184. The van der Waals surface area contributed by atoms with Crippen LogP contribution in [0.1, 0.15) is 29.0 Å². The molecule has 1 aliphatic heterocycles. The highest BCUT2D eigenvalue weighted by molar-refractivity contribution is 9.10. The van der Waals surface area contributed by atoms with Crippen LogP contribution in [0.2, 0.25) is 0 Å². The fourth-order valence-electron chi connectivity index (χ4n) is 2.97. The van der Waals surface area contributed by atoms with Gasteiger partial charge in [-0.05, 0) is 38.0 Å². The van der Waals surface area contributed by atoms with Crippen molar-refractivity contribution in [3.8, 4) is 0 Å². The van der Waals surface area contributed by atoms with Crippen molar-refractivity contribution < 1.29 is 22.4 Å². The zero-order chi connectivity index (χ0) is 16.8. The highest BCUT2D eigenvalue weighted by Crippen LogP contribution is 2.35. The van der Waals surface area contributed by atoms with Crippen molar-refractivity contribution in [1.29, 1.82) is 0 Å². The summed E-state index contributed by atoms with van der Waals surface area (Å²) in [4.78, 5) is 13.9. The molecular formula is C16H15BrF3NO2. The molecule has 124 valence electrons. The smallest absolute Gasteiger partial charge is 0.393 e. The van der Waals surface area contributed by atoms with Crippen molar-refractivity contribution in [2.45, 2.75) is 25.9 Å². The maximum Gasteiger partial charge on any atom is 0.393 e. The predicted molar refractivity (Wildman–Crippen MR) is 83.3 cm³/mol. The zero-order valence-electron chi connectivity index (χ0n) is 12.4. The van der Waals surface area contributed by atoms with Crippen LogP contribution in [0.25, 0.3) is 11.0 Å². The lowest BCUT2D eigenvalue weighted by Gasteiger charge is -2.33. The number of amides is 1. The maximum atomic E-state index is 12.9. The molecule has 1 aromatic carbocycles. The molecule has 23 heavy (non-hydrogen) atoms. The molecule has 0 aliphatic carbocycles. The molecule has 1 unspecified atom stereocenters. The van der Waals surface area contributed by atoms with Crippen LogP contribution in [0.15, 0.2) is 27.1 Å². The van der Waals surface area contributed by atoms with Gasteiger partial charge >= 0.3 is 6.18 Å². The highest BCUT2D eigenvalue weighted by Gasteiger charge is 2.43. The number of hydrogen-bond donors (Lipinski definition) is 0. The Bertz CT molecular complexity index is 754. The number of piperidine rings is 1. The van der Waals surface area contributed by atoms with Gasteiger partial charge in [-0.25, -0.2) is 0 Å². The van der Waals surface area contributed by atoms with E-state index in [4.69, 9.17) is 4.42 Å². The van der Waals surface area contributed by atoms with E-state index in [1.807, 2.05) is 6.07 Å². The van der Waals surface area contributed by atoms with E-state index in [2.05, 4.69) is 15.9 Å². The summed E-state index contributed by atoms with van der Waals surface area (Å²) in [6, 6.07) is 5.36. The molecular weight excluding hydrogens is 375 g/mol. The van der Waals surface area contributed by atoms with Gasteiger partial charge in [0.15, 0.2) is 5.76 Å². The molecule has 0 saturated carbocycles. The third kappa shape index (κ3) is 3.11. The Morgan fingerprint density at radius 1 is 1.39 bits per heavy atom. The van der Waals surface area contributed by atoms with Gasteiger partial charge in [0.1, 0.15) is 5.58 Å². The van der Waals surface area contributed by atoms with Crippen molar-refractivity contribution >= 4 is 32.8 Å². The monoisotopic (exact) mass is 389 g/mol. The number of alkyl halides is 3. The summed E-state index contributed by atoms with van der Waals surface area (Å²) in [5, 5.41) is 0.784. The lowest BCUT2D eigenvalue weighted by Crippen LogP contribution is -2.44. The van der Waals surface area contributed by atoms with Gasteiger partial charge in [0.05, 0.1) is 5.92 Å². The third-order valence-electron chi connectivity index (χ3n) is 4.26. The van der Waals surface area contributed by atoms with Crippen LogP contribution < -0.4 is 0 Å². The topological polar surface area (TPSA) is 33.5 Å². The number of fused-ring (bicyclic) bond motifs is 1. The summed E-state index contributed by atoms with van der Waals surface area (Å²) in [7, 11) is 0. The molecule has 1 fully saturated rings. The Morgan fingerprint density at radius 3 is 2.83 bits per heavy atom. The van der Waals surface area contributed by atoms with E-state index in [1.165, 1.54) is 4.90 Å². The number of carbonyl (C=O) groups excluding carboxylic acids is 1. The van der Waals surface area contributed by atoms with Gasteiger partial charge in [0, 0.05) is 28.5 Å². The quantitative estimate of drug-likeness (QED) is 0.693. The van der Waals surface area contributed by atoms with Crippen molar-refractivity contribution in [2.75, 3.05) is 13.1 Å². The van der Waals surface area contributed by atoms with Crippen molar-refractivity contribution in [3.63, 3.8) is 0 Å². The van der Waals surface area contributed by atoms with E-state index >= 15 is 0 Å². The second-order valence-corrected chi connectivity index (χ2v) is 6.74. The van der Waals surface area contributed by atoms with E-state index < -0.39 is 18.0 Å². The normalized spacial score (nSPS) is 19.3. The molecule has 1 amide bonds. The van der Waals surface area contributed by atoms with Crippen LogP contribution in [0, 0.1) is 12.8 Å². The number of halogens is 4.